The highest BCUT2D eigenvalue weighted by atomic mass is 32.2. The van der Waals surface area contributed by atoms with Crippen LogP contribution in [0.3, 0.4) is 0 Å². The van der Waals surface area contributed by atoms with Gasteiger partial charge in [0.25, 0.3) is 5.56 Å². The number of aromatic nitrogens is 2. The van der Waals surface area contributed by atoms with E-state index in [2.05, 4.69) is 48.3 Å². The van der Waals surface area contributed by atoms with Gasteiger partial charge in [-0.25, -0.2) is 0 Å². The molecule has 1 aromatic heterocycles. The van der Waals surface area contributed by atoms with Gasteiger partial charge in [0.2, 0.25) is 0 Å². The fourth-order valence-corrected chi connectivity index (χ4v) is 3.36. The number of rotatable bonds is 4. The Morgan fingerprint density at radius 3 is 2.71 bits per heavy atom. The summed E-state index contributed by atoms with van der Waals surface area (Å²) < 4.78 is 0. The number of nitrogens with one attached hydrogen (secondary N) is 2. The van der Waals surface area contributed by atoms with Gasteiger partial charge in [-0.05, 0) is 11.8 Å². The summed E-state index contributed by atoms with van der Waals surface area (Å²) >= 11 is 1.87. The molecule has 3 nitrogen and oxygen atoms in total. The Morgan fingerprint density at radius 2 is 2.06 bits per heavy atom. The molecule has 92 valence electrons. The maximum Gasteiger partial charge on any atom is 0.264 e. The molecule has 2 atom stereocenters. The smallest absolute Gasteiger partial charge is 0.264 e. The van der Waals surface area contributed by atoms with Crippen LogP contribution < -0.4 is 5.56 Å². The highest BCUT2D eigenvalue weighted by Gasteiger charge is 2.22. The van der Waals surface area contributed by atoms with E-state index in [1.165, 1.54) is 0 Å². The second-order valence-electron chi connectivity index (χ2n) is 4.65. The van der Waals surface area contributed by atoms with Gasteiger partial charge in [0, 0.05) is 22.8 Å². The summed E-state index contributed by atoms with van der Waals surface area (Å²) in [5, 5.41) is 5.95. The van der Waals surface area contributed by atoms with E-state index in [9.17, 15) is 4.79 Å². The summed E-state index contributed by atoms with van der Waals surface area (Å²) in [5.41, 5.74) is 0.908. The average Bonchev–Trinajstić information content (AvgIpc) is 2.73. The van der Waals surface area contributed by atoms with Crippen molar-refractivity contribution in [2.24, 2.45) is 11.8 Å². The van der Waals surface area contributed by atoms with Crippen LogP contribution in [0.2, 0.25) is 0 Å². The number of H-pyrrole nitrogens is 2. The first-order valence-electron chi connectivity index (χ1n) is 5.90. The second-order valence-corrected chi connectivity index (χ2v) is 5.82. The minimum atomic E-state index is -0.0555. The third-order valence-electron chi connectivity index (χ3n) is 2.98. The number of aromatic amines is 2. The summed E-state index contributed by atoms with van der Waals surface area (Å²) in [6.07, 6.45) is 8.76. The predicted octanol–water partition coefficient (Wildman–Crippen LogP) is 2.70. The Kier molecular flexibility index (Phi) is 3.94. The predicted molar refractivity (Wildman–Crippen MR) is 73.1 cm³/mol. The Balaban J connectivity index is 1.96. The average molecular weight is 250 g/mol. The summed E-state index contributed by atoms with van der Waals surface area (Å²) in [6, 6.07) is 1.62. The first kappa shape index (κ1) is 12.3. The summed E-state index contributed by atoms with van der Waals surface area (Å²) in [4.78, 5) is 11.0. The second kappa shape index (κ2) is 5.45. The molecular weight excluding hydrogens is 232 g/mol. The molecule has 2 rings (SSSR count). The molecule has 0 saturated carbocycles. The van der Waals surface area contributed by atoms with E-state index in [1.807, 2.05) is 11.8 Å². The lowest BCUT2D eigenvalue weighted by Gasteiger charge is -2.26. The molecule has 0 fully saturated rings. The van der Waals surface area contributed by atoms with Crippen molar-refractivity contribution in [2.75, 3.05) is 0 Å². The Bertz CT molecular complexity index is 470. The molecule has 0 radical (unpaired) electrons. The largest absolute Gasteiger partial charge is 0.301 e. The fraction of sp³-hybridized carbons (Fsp3) is 0.462. The molecule has 0 bridgehead atoms. The van der Waals surface area contributed by atoms with E-state index in [1.54, 1.807) is 6.07 Å². The minimum absolute atomic E-state index is 0.0555. The summed E-state index contributed by atoms with van der Waals surface area (Å²) in [5.74, 6) is 2.06. The van der Waals surface area contributed by atoms with Gasteiger partial charge in [-0.1, -0.05) is 38.2 Å². The zero-order valence-electron chi connectivity index (χ0n) is 10.1. The van der Waals surface area contributed by atoms with Crippen LogP contribution in [-0.4, -0.2) is 15.4 Å². The van der Waals surface area contributed by atoms with Gasteiger partial charge >= 0.3 is 0 Å². The Hall–Kier alpha value is -1.16. The number of hydrogen-bond acceptors (Lipinski definition) is 2. The van der Waals surface area contributed by atoms with Gasteiger partial charge in [0.1, 0.15) is 0 Å². The molecular formula is C13H18N2OS. The number of thioether (sulfide) groups is 1. The zero-order valence-corrected chi connectivity index (χ0v) is 11.0. The minimum Gasteiger partial charge on any atom is -0.301 e. The SMILES string of the molecule is CC(C)C1C=CC=CC1SCc1cc(=O)[nH][nH]1. The lowest BCUT2D eigenvalue weighted by Crippen LogP contribution is -2.20. The molecule has 2 unspecified atom stereocenters. The van der Waals surface area contributed by atoms with Crippen LogP contribution >= 0.6 is 11.8 Å². The van der Waals surface area contributed by atoms with Crippen LogP contribution in [0, 0.1) is 11.8 Å². The molecule has 0 aromatic carbocycles. The maximum atomic E-state index is 11.0. The standard InChI is InChI=1S/C13H18N2OS/c1-9(2)11-5-3-4-6-12(11)17-8-10-7-13(16)15-14-10/h3-7,9,11-12H,8H2,1-2H3,(H2,14,15,16). The first-order valence-corrected chi connectivity index (χ1v) is 6.95. The highest BCUT2D eigenvalue weighted by molar-refractivity contribution is 7.99. The molecule has 0 amide bonds. The molecule has 17 heavy (non-hydrogen) atoms. The van der Waals surface area contributed by atoms with Crippen LogP contribution in [0.4, 0.5) is 0 Å². The zero-order chi connectivity index (χ0) is 12.3. The normalized spacial score (nSPS) is 23.5. The van der Waals surface area contributed by atoms with Crippen LogP contribution in [0.15, 0.2) is 35.2 Å². The van der Waals surface area contributed by atoms with Crippen molar-refractivity contribution < 1.29 is 0 Å². The van der Waals surface area contributed by atoms with Crippen LogP contribution in [-0.2, 0) is 5.75 Å². The van der Waals surface area contributed by atoms with Gasteiger partial charge in [0.05, 0.1) is 0 Å². The Labute approximate surface area is 105 Å². The van der Waals surface area contributed by atoms with E-state index in [0.29, 0.717) is 17.1 Å². The summed E-state index contributed by atoms with van der Waals surface area (Å²) in [7, 11) is 0. The van der Waals surface area contributed by atoms with Crippen LogP contribution in [0.25, 0.3) is 0 Å². The highest BCUT2D eigenvalue weighted by Crippen LogP contribution is 2.32. The molecule has 2 N–H and O–H groups in total. The molecule has 1 aliphatic carbocycles. The van der Waals surface area contributed by atoms with E-state index >= 15 is 0 Å². The molecule has 1 heterocycles. The van der Waals surface area contributed by atoms with E-state index in [-0.39, 0.29) is 5.56 Å². The monoisotopic (exact) mass is 250 g/mol. The van der Waals surface area contributed by atoms with Gasteiger partial charge in [0.15, 0.2) is 0 Å². The number of hydrogen-bond donors (Lipinski definition) is 2. The van der Waals surface area contributed by atoms with Crippen molar-refractivity contribution in [3.05, 3.63) is 46.4 Å². The quantitative estimate of drug-likeness (QED) is 0.863. The van der Waals surface area contributed by atoms with Crippen LogP contribution in [0.1, 0.15) is 19.5 Å². The maximum absolute atomic E-state index is 11.0. The third-order valence-corrected chi connectivity index (χ3v) is 4.31. The topological polar surface area (TPSA) is 48.6 Å². The molecule has 1 aromatic rings. The molecule has 0 spiro atoms. The lowest BCUT2D eigenvalue weighted by atomic mass is 9.89. The van der Waals surface area contributed by atoms with Crippen molar-refractivity contribution in [3.63, 3.8) is 0 Å². The Morgan fingerprint density at radius 1 is 1.29 bits per heavy atom. The van der Waals surface area contributed by atoms with Gasteiger partial charge in [-0.2, -0.15) is 0 Å². The lowest BCUT2D eigenvalue weighted by molar-refractivity contribution is 0.476. The summed E-state index contributed by atoms with van der Waals surface area (Å²) in [6.45, 7) is 4.50. The van der Waals surface area contributed by atoms with E-state index in [4.69, 9.17) is 0 Å². The molecule has 0 aliphatic heterocycles. The number of allylic oxidation sites excluding steroid dienone is 3. The van der Waals surface area contributed by atoms with Crippen LogP contribution in [0.5, 0.6) is 0 Å². The van der Waals surface area contributed by atoms with Gasteiger partial charge in [-0.3, -0.25) is 9.89 Å². The van der Waals surface area contributed by atoms with Gasteiger partial charge in [-0.15, -0.1) is 11.8 Å². The molecule has 0 saturated heterocycles. The van der Waals surface area contributed by atoms with E-state index in [0.717, 1.165) is 11.4 Å². The van der Waals surface area contributed by atoms with Crippen molar-refractivity contribution in [1.29, 1.82) is 0 Å². The van der Waals surface area contributed by atoms with Crippen molar-refractivity contribution in [3.8, 4) is 0 Å². The van der Waals surface area contributed by atoms with E-state index < -0.39 is 0 Å². The molecule has 4 heteroatoms. The van der Waals surface area contributed by atoms with Crippen molar-refractivity contribution >= 4 is 11.8 Å². The first-order chi connectivity index (χ1) is 8.16. The third kappa shape index (κ3) is 3.16. The van der Waals surface area contributed by atoms with Gasteiger partial charge < -0.3 is 5.10 Å². The fourth-order valence-electron chi connectivity index (χ4n) is 2.01. The molecule has 1 aliphatic rings. The van der Waals surface area contributed by atoms with Crippen molar-refractivity contribution in [2.45, 2.75) is 24.9 Å². The van der Waals surface area contributed by atoms with Crippen molar-refractivity contribution in [1.82, 2.24) is 10.2 Å².